The highest BCUT2D eigenvalue weighted by Crippen LogP contribution is 2.35. The highest BCUT2D eigenvalue weighted by molar-refractivity contribution is 6.32. The van der Waals surface area contributed by atoms with Gasteiger partial charge in [0.25, 0.3) is 0 Å². The predicted molar refractivity (Wildman–Crippen MR) is 83.6 cm³/mol. The maximum absolute atomic E-state index is 10.7. The number of rotatable bonds is 9. The van der Waals surface area contributed by atoms with Gasteiger partial charge in [-0.05, 0) is 24.6 Å². The topological polar surface area (TPSA) is 109 Å². The minimum absolute atomic E-state index is 0.302. The molecule has 0 fully saturated rings. The molecule has 0 heterocycles. The van der Waals surface area contributed by atoms with E-state index in [9.17, 15) is 9.59 Å². The van der Waals surface area contributed by atoms with Crippen LogP contribution in [0.5, 0.6) is 11.5 Å². The third-order valence-corrected chi connectivity index (χ3v) is 2.83. The molecule has 0 atom stereocenters. The van der Waals surface area contributed by atoms with Crippen molar-refractivity contribution >= 4 is 29.8 Å². The first-order valence-electron chi connectivity index (χ1n) is 6.60. The molecule has 23 heavy (non-hydrogen) atoms. The third kappa shape index (κ3) is 6.03. The number of hydrogen-bond donors (Lipinski definition) is 2. The van der Waals surface area contributed by atoms with Crippen molar-refractivity contribution in [1.82, 2.24) is 5.01 Å². The molecule has 0 aromatic heterocycles. The summed E-state index contributed by atoms with van der Waals surface area (Å²) >= 11 is 6.11. The first kappa shape index (κ1) is 18.6. The minimum Gasteiger partial charge on any atom is -0.493 e. The summed E-state index contributed by atoms with van der Waals surface area (Å²) in [5, 5.41) is 22.6. The molecule has 0 saturated carbocycles. The number of hydrazone groups is 1. The first-order chi connectivity index (χ1) is 10.9. The molecule has 1 aromatic carbocycles. The largest absolute Gasteiger partial charge is 0.493 e. The van der Waals surface area contributed by atoms with Crippen LogP contribution in [0.4, 0.5) is 0 Å². The van der Waals surface area contributed by atoms with Gasteiger partial charge in [0.05, 0.1) is 25.0 Å². The highest BCUT2D eigenvalue weighted by Gasteiger charge is 2.13. The molecule has 126 valence electrons. The molecule has 9 heteroatoms. The standard InChI is InChI=1S/C14H17ClN2O6/c1-3-23-14-10(15)4-9(5-11(14)22-2)6-16-17(7-12(18)19)8-13(20)21/h4-6H,3,7-8H2,1-2H3,(H,18,19)(H,20,21)/b16-6-. The summed E-state index contributed by atoms with van der Waals surface area (Å²) in [6.45, 7) is 1.14. The summed E-state index contributed by atoms with van der Waals surface area (Å²) in [5.41, 5.74) is 0.510. The molecule has 0 aliphatic rings. The van der Waals surface area contributed by atoms with E-state index in [1.54, 1.807) is 19.1 Å². The van der Waals surface area contributed by atoms with E-state index in [4.69, 9.17) is 31.3 Å². The van der Waals surface area contributed by atoms with Crippen molar-refractivity contribution in [1.29, 1.82) is 0 Å². The van der Waals surface area contributed by atoms with Crippen LogP contribution in [0.3, 0.4) is 0 Å². The molecular formula is C14H17ClN2O6. The van der Waals surface area contributed by atoms with E-state index in [-0.39, 0.29) is 0 Å². The molecule has 0 amide bonds. The maximum Gasteiger partial charge on any atom is 0.324 e. The van der Waals surface area contributed by atoms with Gasteiger partial charge in [0, 0.05) is 0 Å². The second kappa shape index (κ2) is 8.84. The number of ether oxygens (including phenoxy) is 2. The second-order valence-corrected chi connectivity index (χ2v) is 4.73. The van der Waals surface area contributed by atoms with Gasteiger partial charge in [0.1, 0.15) is 13.1 Å². The van der Waals surface area contributed by atoms with Crippen LogP contribution in [0, 0.1) is 0 Å². The minimum atomic E-state index is -1.19. The average Bonchev–Trinajstić information content (AvgIpc) is 2.46. The number of methoxy groups -OCH3 is 1. The van der Waals surface area contributed by atoms with Gasteiger partial charge in [-0.2, -0.15) is 5.10 Å². The predicted octanol–water partition coefficient (Wildman–Crippen LogP) is 1.55. The zero-order chi connectivity index (χ0) is 17.4. The average molecular weight is 345 g/mol. The lowest BCUT2D eigenvalue weighted by molar-refractivity contribution is -0.141. The van der Waals surface area contributed by atoms with Gasteiger partial charge in [-0.1, -0.05) is 11.6 Å². The van der Waals surface area contributed by atoms with Crippen molar-refractivity contribution in [2.75, 3.05) is 26.8 Å². The Morgan fingerprint density at radius 3 is 2.39 bits per heavy atom. The number of carboxylic acid groups (broad SMARTS) is 2. The molecule has 0 unspecified atom stereocenters. The van der Waals surface area contributed by atoms with Crippen LogP contribution in [-0.2, 0) is 9.59 Å². The van der Waals surface area contributed by atoms with Crippen molar-refractivity contribution in [3.8, 4) is 11.5 Å². The van der Waals surface area contributed by atoms with E-state index in [0.29, 0.717) is 28.7 Å². The van der Waals surface area contributed by atoms with Gasteiger partial charge in [0.15, 0.2) is 11.5 Å². The zero-order valence-electron chi connectivity index (χ0n) is 12.7. The van der Waals surface area contributed by atoms with Crippen molar-refractivity contribution < 1.29 is 29.3 Å². The summed E-state index contributed by atoms with van der Waals surface area (Å²) in [6.07, 6.45) is 1.30. The van der Waals surface area contributed by atoms with Crippen LogP contribution >= 0.6 is 11.6 Å². The number of benzene rings is 1. The van der Waals surface area contributed by atoms with E-state index in [1.165, 1.54) is 13.3 Å². The van der Waals surface area contributed by atoms with Gasteiger partial charge < -0.3 is 19.7 Å². The third-order valence-electron chi connectivity index (χ3n) is 2.55. The molecular weight excluding hydrogens is 328 g/mol. The Kier molecular flexibility index (Phi) is 7.14. The molecule has 0 saturated heterocycles. The normalized spacial score (nSPS) is 10.6. The Balaban J connectivity index is 3.02. The Morgan fingerprint density at radius 1 is 1.30 bits per heavy atom. The molecule has 0 aliphatic heterocycles. The smallest absolute Gasteiger partial charge is 0.324 e. The van der Waals surface area contributed by atoms with Crippen LogP contribution < -0.4 is 9.47 Å². The molecule has 0 spiro atoms. The fourth-order valence-electron chi connectivity index (χ4n) is 1.70. The molecule has 8 nitrogen and oxygen atoms in total. The van der Waals surface area contributed by atoms with Crippen molar-refractivity contribution in [3.05, 3.63) is 22.7 Å². The van der Waals surface area contributed by atoms with Crippen LogP contribution in [0.1, 0.15) is 12.5 Å². The first-order valence-corrected chi connectivity index (χ1v) is 6.98. The lowest BCUT2D eigenvalue weighted by Crippen LogP contribution is -2.30. The molecule has 0 radical (unpaired) electrons. The maximum atomic E-state index is 10.7. The van der Waals surface area contributed by atoms with Gasteiger partial charge in [-0.3, -0.25) is 14.6 Å². The van der Waals surface area contributed by atoms with Crippen molar-refractivity contribution in [2.24, 2.45) is 5.10 Å². The molecule has 2 N–H and O–H groups in total. The SMILES string of the molecule is CCOc1c(Cl)cc(/C=N\N(CC(=O)O)CC(=O)O)cc1OC. The molecule has 1 aromatic rings. The monoisotopic (exact) mass is 344 g/mol. The van der Waals surface area contributed by atoms with Crippen molar-refractivity contribution in [2.45, 2.75) is 6.92 Å². The Hall–Kier alpha value is -2.48. The van der Waals surface area contributed by atoms with Crippen LogP contribution in [-0.4, -0.2) is 60.2 Å². The van der Waals surface area contributed by atoms with Gasteiger partial charge in [0.2, 0.25) is 0 Å². The van der Waals surface area contributed by atoms with Gasteiger partial charge in [-0.25, -0.2) is 0 Å². The Labute approximate surface area is 137 Å². The highest BCUT2D eigenvalue weighted by atomic mass is 35.5. The molecule has 0 bridgehead atoms. The van der Waals surface area contributed by atoms with Crippen molar-refractivity contribution in [3.63, 3.8) is 0 Å². The van der Waals surface area contributed by atoms with Gasteiger partial charge in [-0.15, -0.1) is 0 Å². The zero-order valence-corrected chi connectivity index (χ0v) is 13.4. The lowest BCUT2D eigenvalue weighted by Gasteiger charge is -2.14. The summed E-state index contributed by atoms with van der Waals surface area (Å²) in [5.74, 6) is -1.60. The number of carbonyl (C=O) groups is 2. The summed E-state index contributed by atoms with van der Waals surface area (Å²) in [7, 11) is 1.45. The Bertz CT molecular complexity index is 589. The van der Waals surface area contributed by atoms with Crippen LogP contribution in [0.15, 0.2) is 17.2 Å². The summed E-state index contributed by atoms with van der Waals surface area (Å²) < 4.78 is 10.6. The van der Waals surface area contributed by atoms with E-state index in [0.717, 1.165) is 5.01 Å². The fourth-order valence-corrected chi connectivity index (χ4v) is 1.97. The van der Waals surface area contributed by atoms with E-state index in [2.05, 4.69) is 5.10 Å². The van der Waals surface area contributed by atoms with Gasteiger partial charge >= 0.3 is 11.9 Å². The number of carboxylic acids is 2. The van der Waals surface area contributed by atoms with Crippen LogP contribution in [0.25, 0.3) is 0 Å². The molecule has 0 aliphatic carbocycles. The molecule has 1 rings (SSSR count). The number of hydrogen-bond acceptors (Lipinski definition) is 6. The number of halogens is 1. The quantitative estimate of drug-likeness (QED) is 0.516. The number of aliphatic carboxylic acids is 2. The second-order valence-electron chi connectivity index (χ2n) is 4.32. The summed E-state index contributed by atoms with van der Waals surface area (Å²) in [6, 6.07) is 3.15. The fraction of sp³-hybridized carbons (Fsp3) is 0.357. The number of nitrogens with zero attached hydrogens (tertiary/aromatic N) is 2. The van der Waals surface area contributed by atoms with Crippen LogP contribution in [0.2, 0.25) is 5.02 Å². The van der Waals surface area contributed by atoms with E-state index in [1.807, 2.05) is 0 Å². The van der Waals surface area contributed by atoms with E-state index >= 15 is 0 Å². The Morgan fingerprint density at radius 2 is 1.91 bits per heavy atom. The lowest BCUT2D eigenvalue weighted by atomic mass is 10.2. The summed E-state index contributed by atoms with van der Waals surface area (Å²) in [4.78, 5) is 21.4. The van der Waals surface area contributed by atoms with E-state index < -0.39 is 25.0 Å².